The van der Waals surface area contributed by atoms with E-state index in [4.69, 9.17) is 11.6 Å². The first-order valence-corrected chi connectivity index (χ1v) is 7.20. The average Bonchev–Trinajstić information content (AvgIpc) is 2.83. The fourth-order valence-corrected chi connectivity index (χ4v) is 2.46. The number of pyridine rings is 1. The van der Waals surface area contributed by atoms with E-state index in [-0.39, 0.29) is 0 Å². The second kappa shape index (κ2) is 5.25. The van der Waals surface area contributed by atoms with E-state index in [1.165, 1.54) is 0 Å². The average molecular weight is 287 g/mol. The SMILES string of the molecule is CCC[n+]1ccc(-c2nc3cc(Cl)c(C)cc3[nH]2)cc1. The van der Waals surface area contributed by atoms with E-state index in [9.17, 15) is 0 Å². The van der Waals surface area contributed by atoms with Gasteiger partial charge < -0.3 is 4.98 Å². The summed E-state index contributed by atoms with van der Waals surface area (Å²) in [5.41, 5.74) is 4.07. The van der Waals surface area contributed by atoms with Gasteiger partial charge in [0, 0.05) is 29.1 Å². The number of hydrogen-bond acceptors (Lipinski definition) is 1. The topological polar surface area (TPSA) is 32.6 Å². The Hall–Kier alpha value is -1.87. The quantitative estimate of drug-likeness (QED) is 0.728. The Kier molecular flexibility index (Phi) is 3.45. The van der Waals surface area contributed by atoms with Gasteiger partial charge in [0.1, 0.15) is 12.4 Å². The normalized spacial score (nSPS) is 11.2. The molecule has 0 aliphatic heterocycles. The van der Waals surface area contributed by atoms with Crippen LogP contribution in [0.2, 0.25) is 5.02 Å². The summed E-state index contributed by atoms with van der Waals surface area (Å²) in [6.45, 7) is 5.21. The van der Waals surface area contributed by atoms with E-state index in [2.05, 4.69) is 46.0 Å². The third kappa shape index (κ3) is 2.41. The lowest BCUT2D eigenvalue weighted by Crippen LogP contribution is -2.31. The third-order valence-corrected chi connectivity index (χ3v) is 3.82. The number of halogens is 1. The van der Waals surface area contributed by atoms with Crippen molar-refractivity contribution < 1.29 is 4.57 Å². The Bertz CT molecular complexity index is 705. The molecule has 1 aromatic carbocycles. The summed E-state index contributed by atoms with van der Waals surface area (Å²) in [5.74, 6) is 0.880. The number of imidazole rings is 1. The molecule has 0 atom stereocenters. The molecule has 0 aliphatic rings. The van der Waals surface area contributed by atoms with Gasteiger partial charge in [-0.15, -0.1) is 0 Å². The molecule has 2 aromatic heterocycles. The smallest absolute Gasteiger partial charge is 0.169 e. The molecule has 2 heterocycles. The molecule has 4 heteroatoms. The maximum atomic E-state index is 6.14. The van der Waals surface area contributed by atoms with Crippen LogP contribution in [-0.2, 0) is 6.54 Å². The van der Waals surface area contributed by atoms with Crippen LogP contribution in [0.3, 0.4) is 0 Å². The molecule has 1 N–H and O–H groups in total. The van der Waals surface area contributed by atoms with Crippen LogP contribution >= 0.6 is 11.6 Å². The number of fused-ring (bicyclic) bond motifs is 1. The second-order valence-corrected chi connectivity index (χ2v) is 5.44. The summed E-state index contributed by atoms with van der Waals surface area (Å²) in [6.07, 6.45) is 5.31. The number of H-pyrrole nitrogens is 1. The van der Waals surface area contributed by atoms with Crippen molar-refractivity contribution in [1.29, 1.82) is 0 Å². The molecule has 102 valence electrons. The van der Waals surface area contributed by atoms with Crippen LogP contribution < -0.4 is 4.57 Å². The molecule has 0 saturated carbocycles. The predicted octanol–water partition coefficient (Wildman–Crippen LogP) is 3.89. The van der Waals surface area contributed by atoms with Crippen LogP contribution in [0.4, 0.5) is 0 Å². The highest BCUT2D eigenvalue weighted by atomic mass is 35.5. The van der Waals surface area contributed by atoms with E-state index >= 15 is 0 Å². The van der Waals surface area contributed by atoms with Crippen LogP contribution in [0.25, 0.3) is 22.4 Å². The minimum Gasteiger partial charge on any atom is -0.338 e. The van der Waals surface area contributed by atoms with Crippen molar-refractivity contribution in [1.82, 2.24) is 9.97 Å². The van der Waals surface area contributed by atoms with Gasteiger partial charge >= 0.3 is 0 Å². The number of aromatic amines is 1. The first-order valence-electron chi connectivity index (χ1n) is 6.82. The standard InChI is InChI=1S/C16H16ClN3/c1-3-6-20-7-4-12(5-8-20)16-18-14-9-11(2)13(17)10-15(14)19-16/h4-5,7-10H,3,6H2,1-2H3/p+1. The fraction of sp³-hybridized carbons (Fsp3) is 0.250. The van der Waals surface area contributed by atoms with Gasteiger partial charge in [-0.3, -0.25) is 0 Å². The second-order valence-electron chi connectivity index (χ2n) is 5.03. The molecular weight excluding hydrogens is 270 g/mol. The first-order chi connectivity index (χ1) is 9.67. The van der Waals surface area contributed by atoms with E-state index in [1.54, 1.807) is 0 Å². The maximum Gasteiger partial charge on any atom is 0.169 e. The largest absolute Gasteiger partial charge is 0.338 e. The number of hydrogen-bond donors (Lipinski definition) is 1. The fourth-order valence-electron chi connectivity index (χ4n) is 2.30. The lowest BCUT2D eigenvalue weighted by atomic mass is 10.2. The molecule has 0 saturated heterocycles. The number of nitrogens with one attached hydrogen (secondary N) is 1. The summed E-state index contributed by atoms with van der Waals surface area (Å²) in [5, 5.41) is 0.754. The van der Waals surface area contributed by atoms with Gasteiger partial charge in [0.2, 0.25) is 0 Å². The summed E-state index contributed by atoms with van der Waals surface area (Å²) < 4.78 is 2.17. The van der Waals surface area contributed by atoms with Crippen LogP contribution in [0.5, 0.6) is 0 Å². The maximum absolute atomic E-state index is 6.14. The summed E-state index contributed by atoms with van der Waals surface area (Å²) in [4.78, 5) is 7.96. The Labute approximate surface area is 123 Å². The molecule has 3 nitrogen and oxygen atoms in total. The van der Waals surface area contributed by atoms with Gasteiger partial charge in [-0.1, -0.05) is 18.5 Å². The lowest BCUT2D eigenvalue weighted by Gasteiger charge is -1.96. The van der Waals surface area contributed by atoms with Crippen molar-refractivity contribution in [3.05, 3.63) is 47.2 Å². The van der Waals surface area contributed by atoms with Crippen LogP contribution in [-0.4, -0.2) is 9.97 Å². The van der Waals surface area contributed by atoms with Gasteiger partial charge in [-0.2, -0.15) is 0 Å². The Balaban J connectivity index is 2.01. The van der Waals surface area contributed by atoms with Crippen LogP contribution in [0.15, 0.2) is 36.7 Å². The highest BCUT2D eigenvalue weighted by Crippen LogP contribution is 2.24. The van der Waals surface area contributed by atoms with Gasteiger partial charge in [0.05, 0.1) is 11.0 Å². The Morgan fingerprint density at radius 2 is 2.00 bits per heavy atom. The molecule has 0 spiro atoms. The van der Waals surface area contributed by atoms with Crippen molar-refractivity contribution in [2.45, 2.75) is 26.8 Å². The van der Waals surface area contributed by atoms with Crippen molar-refractivity contribution in [2.75, 3.05) is 0 Å². The van der Waals surface area contributed by atoms with Crippen molar-refractivity contribution >= 4 is 22.6 Å². The molecule has 0 fully saturated rings. The minimum atomic E-state index is 0.754. The highest BCUT2D eigenvalue weighted by Gasteiger charge is 2.09. The molecule has 0 aliphatic carbocycles. The zero-order valence-corrected chi connectivity index (χ0v) is 12.4. The number of aryl methyl sites for hydroxylation is 2. The Morgan fingerprint density at radius 1 is 1.25 bits per heavy atom. The van der Waals surface area contributed by atoms with Gasteiger partial charge in [-0.05, 0) is 24.6 Å². The van der Waals surface area contributed by atoms with Crippen LogP contribution in [0, 0.1) is 6.92 Å². The molecule has 0 bridgehead atoms. The molecular formula is C16H17ClN3+. The monoisotopic (exact) mass is 286 g/mol. The molecule has 3 rings (SSSR count). The van der Waals surface area contributed by atoms with Gasteiger partial charge in [0.25, 0.3) is 0 Å². The van der Waals surface area contributed by atoms with Crippen molar-refractivity contribution in [3.8, 4) is 11.4 Å². The van der Waals surface area contributed by atoms with E-state index in [1.807, 2.05) is 19.1 Å². The third-order valence-electron chi connectivity index (χ3n) is 3.41. The van der Waals surface area contributed by atoms with E-state index in [0.717, 1.165) is 46.0 Å². The summed E-state index contributed by atoms with van der Waals surface area (Å²) >= 11 is 6.14. The molecule has 3 aromatic rings. The van der Waals surface area contributed by atoms with Gasteiger partial charge in [0.15, 0.2) is 12.4 Å². The van der Waals surface area contributed by atoms with E-state index < -0.39 is 0 Å². The number of benzene rings is 1. The molecule has 0 amide bonds. The summed E-state index contributed by atoms with van der Waals surface area (Å²) in [6, 6.07) is 8.12. The number of nitrogens with zero attached hydrogens (tertiary/aromatic N) is 2. The molecule has 20 heavy (non-hydrogen) atoms. The lowest BCUT2D eigenvalue weighted by molar-refractivity contribution is -0.696. The number of rotatable bonds is 3. The zero-order valence-electron chi connectivity index (χ0n) is 11.7. The van der Waals surface area contributed by atoms with Crippen molar-refractivity contribution in [3.63, 3.8) is 0 Å². The number of aromatic nitrogens is 3. The Morgan fingerprint density at radius 3 is 2.70 bits per heavy atom. The van der Waals surface area contributed by atoms with Gasteiger partial charge in [-0.25, -0.2) is 9.55 Å². The van der Waals surface area contributed by atoms with E-state index in [0.29, 0.717) is 0 Å². The predicted molar refractivity (Wildman–Crippen MR) is 81.8 cm³/mol. The first kappa shape index (κ1) is 13.1. The summed E-state index contributed by atoms with van der Waals surface area (Å²) in [7, 11) is 0. The highest BCUT2D eigenvalue weighted by molar-refractivity contribution is 6.32. The van der Waals surface area contributed by atoms with Crippen LogP contribution in [0.1, 0.15) is 18.9 Å². The molecule has 0 unspecified atom stereocenters. The minimum absolute atomic E-state index is 0.754. The van der Waals surface area contributed by atoms with Crippen molar-refractivity contribution in [2.24, 2.45) is 0 Å². The molecule has 0 radical (unpaired) electrons. The zero-order chi connectivity index (χ0) is 14.1.